The number of nitrogens with zero attached hydrogens (tertiary/aromatic N) is 1. The standard InChI is InChI=1S/C19H19NO3/c1-23-18(22)19(12-15-8-4-2-5-9-15)13-17(21)20(19)14-16-10-6-3-7-11-16/h2-11H,12-14H2,1H3/t19-/m0/s1. The van der Waals surface area contributed by atoms with Crippen molar-refractivity contribution < 1.29 is 14.3 Å². The lowest BCUT2D eigenvalue weighted by atomic mass is 9.78. The molecule has 1 atom stereocenters. The Balaban J connectivity index is 1.89. The van der Waals surface area contributed by atoms with Crippen molar-refractivity contribution in [2.24, 2.45) is 0 Å². The number of hydrogen-bond donors (Lipinski definition) is 0. The molecule has 1 heterocycles. The zero-order chi connectivity index (χ0) is 16.3. The number of carbonyl (C=O) groups excluding carboxylic acids is 2. The van der Waals surface area contributed by atoms with Gasteiger partial charge in [0, 0.05) is 13.0 Å². The highest BCUT2D eigenvalue weighted by Gasteiger charge is 2.57. The topological polar surface area (TPSA) is 46.6 Å². The van der Waals surface area contributed by atoms with Crippen LogP contribution >= 0.6 is 0 Å². The summed E-state index contributed by atoms with van der Waals surface area (Å²) in [6, 6.07) is 19.4. The van der Waals surface area contributed by atoms with Crippen molar-refractivity contribution in [3.63, 3.8) is 0 Å². The lowest BCUT2D eigenvalue weighted by Crippen LogP contribution is -2.68. The van der Waals surface area contributed by atoms with Crippen LogP contribution in [-0.2, 0) is 27.3 Å². The highest BCUT2D eigenvalue weighted by molar-refractivity contribution is 5.99. The predicted molar refractivity (Wildman–Crippen MR) is 86.5 cm³/mol. The molecule has 4 nitrogen and oxygen atoms in total. The van der Waals surface area contributed by atoms with E-state index in [1.807, 2.05) is 60.7 Å². The van der Waals surface area contributed by atoms with Crippen LogP contribution in [0.1, 0.15) is 17.5 Å². The Kier molecular flexibility index (Phi) is 4.15. The fraction of sp³-hybridized carbons (Fsp3) is 0.263. The van der Waals surface area contributed by atoms with Crippen LogP contribution in [0.4, 0.5) is 0 Å². The molecular weight excluding hydrogens is 290 g/mol. The first-order chi connectivity index (χ1) is 11.2. The van der Waals surface area contributed by atoms with Gasteiger partial charge < -0.3 is 9.64 Å². The molecule has 2 aromatic carbocycles. The second kappa shape index (κ2) is 6.24. The van der Waals surface area contributed by atoms with Gasteiger partial charge in [0.1, 0.15) is 0 Å². The number of rotatable bonds is 5. The summed E-state index contributed by atoms with van der Waals surface area (Å²) in [5, 5.41) is 0. The molecule has 2 aromatic rings. The van der Waals surface area contributed by atoms with Gasteiger partial charge in [-0.2, -0.15) is 0 Å². The molecule has 1 amide bonds. The quantitative estimate of drug-likeness (QED) is 0.630. The van der Waals surface area contributed by atoms with Gasteiger partial charge in [-0.15, -0.1) is 0 Å². The molecule has 1 aliphatic heterocycles. The van der Waals surface area contributed by atoms with E-state index in [0.29, 0.717) is 13.0 Å². The molecule has 23 heavy (non-hydrogen) atoms. The summed E-state index contributed by atoms with van der Waals surface area (Å²) in [7, 11) is 1.37. The smallest absolute Gasteiger partial charge is 0.332 e. The van der Waals surface area contributed by atoms with Crippen LogP contribution in [-0.4, -0.2) is 29.4 Å². The van der Waals surface area contributed by atoms with Gasteiger partial charge in [-0.1, -0.05) is 60.7 Å². The maximum Gasteiger partial charge on any atom is 0.332 e. The molecule has 0 spiro atoms. The number of likely N-dealkylation sites (tertiary alicyclic amines) is 1. The minimum absolute atomic E-state index is 0.0183. The van der Waals surface area contributed by atoms with Gasteiger partial charge >= 0.3 is 5.97 Å². The SMILES string of the molecule is COC(=O)[C@]1(Cc2ccccc2)CC(=O)N1Cc1ccccc1. The predicted octanol–water partition coefficient (Wildman–Crippen LogP) is 2.57. The van der Waals surface area contributed by atoms with E-state index in [1.165, 1.54) is 7.11 Å². The fourth-order valence-corrected chi connectivity index (χ4v) is 3.13. The first-order valence-electron chi connectivity index (χ1n) is 7.62. The van der Waals surface area contributed by atoms with Crippen LogP contribution in [0.2, 0.25) is 0 Å². The van der Waals surface area contributed by atoms with Gasteiger partial charge in [-0.3, -0.25) is 4.79 Å². The number of ether oxygens (including phenoxy) is 1. The van der Waals surface area contributed by atoms with Gasteiger partial charge in [0.25, 0.3) is 0 Å². The molecule has 0 saturated carbocycles. The summed E-state index contributed by atoms with van der Waals surface area (Å²) in [6.07, 6.45) is 0.667. The Labute approximate surface area is 135 Å². The molecule has 4 heteroatoms. The summed E-state index contributed by atoms with van der Waals surface area (Å²) in [5.41, 5.74) is 1.12. The summed E-state index contributed by atoms with van der Waals surface area (Å²) in [4.78, 5) is 26.3. The highest BCUT2D eigenvalue weighted by Crippen LogP contribution is 2.38. The molecule has 0 N–H and O–H groups in total. The summed E-state index contributed by atoms with van der Waals surface area (Å²) < 4.78 is 5.01. The summed E-state index contributed by atoms with van der Waals surface area (Å²) >= 11 is 0. The maximum atomic E-state index is 12.5. The van der Waals surface area contributed by atoms with Crippen molar-refractivity contribution in [2.75, 3.05) is 7.11 Å². The Hall–Kier alpha value is -2.62. The lowest BCUT2D eigenvalue weighted by Gasteiger charge is -2.49. The molecular formula is C19H19NO3. The Morgan fingerprint density at radius 2 is 1.61 bits per heavy atom. The van der Waals surface area contributed by atoms with Crippen molar-refractivity contribution in [3.05, 3.63) is 71.8 Å². The Bertz CT molecular complexity index is 699. The number of hydrogen-bond acceptors (Lipinski definition) is 3. The zero-order valence-corrected chi connectivity index (χ0v) is 13.1. The average molecular weight is 309 g/mol. The van der Waals surface area contributed by atoms with E-state index in [0.717, 1.165) is 11.1 Å². The second-order valence-corrected chi connectivity index (χ2v) is 5.83. The lowest BCUT2D eigenvalue weighted by molar-refractivity contribution is -0.179. The van der Waals surface area contributed by atoms with E-state index in [2.05, 4.69) is 0 Å². The van der Waals surface area contributed by atoms with Crippen LogP contribution in [0, 0.1) is 0 Å². The van der Waals surface area contributed by atoms with Crippen molar-refractivity contribution in [2.45, 2.75) is 24.9 Å². The van der Waals surface area contributed by atoms with E-state index >= 15 is 0 Å². The van der Waals surface area contributed by atoms with Gasteiger partial charge in [-0.25, -0.2) is 4.79 Å². The number of esters is 1. The summed E-state index contributed by atoms with van der Waals surface area (Å²) in [5.74, 6) is -0.368. The third-order valence-corrected chi connectivity index (χ3v) is 4.35. The van der Waals surface area contributed by atoms with Crippen LogP contribution in [0.15, 0.2) is 60.7 Å². The molecule has 1 aliphatic rings. The first-order valence-corrected chi connectivity index (χ1v) is 7.62. The van der Waals surface area contributed by atoms with Crippen LogP contribution in [0.25, 0.3) is 0 Å². The number of carbonyl (C=O) groups is 2. The largest absolute Gasteiger partial charge is 0.467 e. The highest BCUT2D eigenvalue weighted by atomic mass is 16.5. The molecule has 3 rings (SSSR count). The van der Waals surface area contributed by atoms with Crippen LogP contribution in [0.5, 0.6) is 0 Å². The molecule has 0 unspecified atom stereocenters. The minimum Gasteiger partial charge on any atom is -0.467 e. The van der Waals surface area contributed by atoms with E-state index in [-0.39, 0.29) is 18.3 Å². The molecule has 0 aliphatic carbocycles. The maximum absolute atomic E-state index is 12.5. The molecule has 118 valence electrons. The van der Waals surface area contributed by atoms with E-state index < -0.39 is 5.54 Å². The average Bonchev–Trinajstić information content (AvgIpc) is 2.60. The van der Waals surface area contributed by atoms with Crippen molar-refractivity contribution in [3.8, 4) is 0 Å². The van der Waals surface area contributed by atoms with E-state index in [4.69, 9.17) is 4.74 Å². The number of methoxy groups -OCH3 is 1. The molecule has 1 saturated heterocycles. The van der Waals surface area contributed by atoms with Crippen LogP contribution < -0.4 is 0 Å². The first kappa shape index (κ1) is 15.3. The third-order valence-electron chi connectivity index (χ3n) is 4.35. The summed E-state index contributed by atoms with van der Waals surface area (Å²) in [6.45, 7) is 0.418. The molecule has 0 radical (unpaired) electrons. The number of β-lactam (4-membered cyclic amide) rings is 1. The Morgan fingerprint density at radius 1 is 1.04 bits per heavy atom. The van der Waals surface area contributed by atoms with Gasteiger partial charge in [0.05, 0.1) is 13.5 Å². The minimum atomic E-state index is -0.900. The Morgan fingerprint density at radius 3 is 2.13 bits per heavy atom. The zero-order valence-electron chi connectivity index (χ0n) is 13.1. The molecule has 0 aromatic heterocycles. The van der Waals surface area contributed by atoms with Crippen molar-refractivity contribution in [1.29, 1.82) is 0 Å². The number of benzene rings is 2. The van der Waals surface area contributed by atoms with Gasteiger partial charge in [-0.05, 0) is 11.1 Å². The number of amides is 1. The van der Waals surface area contributed by atoms with E-state index in [1.54, 1.807) is 4.90 Å². The fourth-order valence-electron chi connectivity index (χ4n) is 3.13. The van der Waals surface area contributed by atoms with Crippen molar-refractivity contribution in [1.82, 2.24) is 4.90 Å². The molecule has 0 bridgehead atoms. The third kappa shape index (κ3) is 2.84. The van der Waals surface area contributed by atoms with Gasteiger partial charge in [0.15, 0.2) is 5.54 Å². The monoisotopic (exact) mass is 309 g/mol. The normalized spacial score (nSPS) is 20.0. The van der Waals surface area contributed by atoms with Crippen molar-refractivity contribution >= 4 is 11.9 Å². The molecule has 1 fully saturated rings. The van der Waals surface area contributed by atoms with Gasteiger partial charge in [0.2, 0.25) is 5.91 Å². The van der Waals surface area contributed by atoms with Crippen LogP contribution in [0.3, 0.4) is 0 Å². The second-order valence-electron chi connectivity index (χ2n) is 5.83. The van der Waals surface area contributed by atoms with E-state index in [9.17, 15) is 9.59 Å².